The molecule has 3 fully saturated rings. The van der Waals surface area contributed by atoms with Crippen molar-refractivity contribution in [1.82, 2.24) is 29.9 Å². The molecule has 1 N–H and O–H groups in total. The van der Waals surface area contributed by atoms with Gasteiger partial charge in [0.25, 0.3) is 0 Å². The number of hydrogen-bond donors (Lipinski definition) is 1. The minimum atomic E-state index is -4.68. The summed E-state index contributed by atoms with van der Waals surface area (Å²) in [5, 5.41) is 0. The average Bonchev–Trinajstić information content (AvgIpc) is 3.86. The van der Waals surface area contributed by atoms with Gasteiger partial charge in [-0.1, -0.05) is 12.8 Å². The van der Waals surface area contributed by atoms with E-state index in [1.54, 1.807) is 39.4 Å². The van der Waals surface area contributed by atoms with Crippen LogP contribution in [0.2, 0.25) is 0 Å². The Labute approximate surface area is 312 Å². The number of fused-ring (bicyclic) bond motifs is 3. The van der Waals surface area contributed by atoms with Crippen molar-refractivity contribution in [3.05, 3.63) is 36.3 Å². The number of ether oxygens (including phenoxy) is 4. The Bertz CT molecular complexity index is 1920. The van der Waals surface area contributed by atoms with Crippen LogP contribution in [0, 0.1) is 5.41 Å². The summed E-state index contributed by atoms with van der Waals surface area (Å²) < 4.78 is 63.9. The second-order valence-electron chi connectivity index (χ2n) is 14.6. The van der Waals surface area contributed by atoms with E-state index < -0.39 is 11.9 Å². The second-order valence-corrected chi connectivity index (χ2v) is 14.6. The van der Waals surface area contributed by atoms with Gasteiger partial charge in [-0.25, -0.2) is 29.7 Å². The molecule has 2 bridgehead atoms. The molecule has 0 aromatic carbocycles. The minimum Gasteiger partial charge on any atom is -0.478 e. The van der Waals surface area contributed by atoms with Crippen molar-refractivity contribution in [1.29, 1.82) is 0 Å². The topological polar surface area (TPSA) is 141 Å². The smallest absolute Gasteiger partial charge is 0.433 e. The van der Waals surface area contributed by atoms with Crippen molar-refractivity contribution in [2.75, 3.05) is 56.9 Å². The third-order valence-corrected chi connectivity index (χ3v) is 10.8. The molecule has 7 rings (SSSR count). The fraction of sp³-hybridized carbons (Fsp3) is 0.579. The number of hydrogen-bond acceptors (Lipinski definition) is 12. The fourth-order valence-corrected chi connectivity index (χ4v) is 8.53. The van der Waals surface area contributed by atoms with Crippen LogP contribution < -0.4 is 14.5 Å². The van der Waals surface area contributed by atoms with Gasteiger partial charge in [-0.2, -0.15) is 13.2 Å². The first-order valence-electron chi connectivity index (χ1n) is 18.7. The van der Waals surface area contributed by atoms with Gasteiger partial charge in [-0.05, 0) is 64.5 Å². The normalized spacial score (nSPS) is 20.8. The lowest BCUT2D eigenvalue weighted by Crippen LogP contribution is -2.46. The Balaban J connectivity index is 1.20. The molecule has 54 heavy (non-hydrogen) atoms. The van der Waals surface area contributed by atoms with E-state index in [0.29, 0.717) is 48.1 Å². The number of pyridine rings is 2. The quantitative estimate of drug-likeness (QED) is 0.139. The van der Waals surface area contributed by atoms with Crippen LogP contribution in [0.3, 0.4) is 0 Å². The number of H-pyrrole nitrogens is 1. The van der Waals surface area contributed by atoms with Crippen LogP contribution in [0.15, 0.2) is 30.6 Å². The molecule has 0 amide bonds. The molecule has 1 aliphatic carbocycles. The zero-order chi connectivity index (χ0) is 38.0. The van der Waals surface area contributed by atoms with Crippen LogP contribution in [0.1, 0.15) is 70.9 Å². The molecule has 3 atom stereocenters. The number of halogens is 3. The monoisotopic (exact) mass is 752 g/mol. The number of piperidine rings is 1. The molecule has 1 saturated carbocycles. The molecule has 3 aliphatic rings. The molecule has 4 aromatic rings. The van der Waals surface area contributed by atoms with Crippen molar-refractivity contribution in [3.8, 4) is 28.7 Å². The van der Waals surface area contributed by atoms with Crippen LogP contribution in [-0.4, -0.2) is 101 Å². The van der Waals surface area contributed by atoms with Crippen LogP contribution in [0.4, 0.5) is 24.7 Å². The maximum atomic E-state index is 14.0. The number of rotatable bonds is 14. The standard InChI is InChI=1S/C38H47F3N8O5/c1-5-52-32-14-23(13-30(45-32)38(39,40)41)27-17-29(48(3)21-37(22-51-4)11-7-8-12-37)34-36(44-27)47-35(46-34)28-18-43-31(19-42-28)49-24-9-10-25(49)16-26(15-24)54-20-33(50)53-6-2/h13-14,17-19,24-26H,5-12,15-16,20-22H2,1-4H3,(H,44,46,47)/t24-,25+,26?. The van der Waals surface area contributed by atoms with Crippen molar-refractivity contribution >= 4 is 28.6 Å². The third kappa shape index (κ3) is 7.95. The maximum Gasteiger partial charge on any atom is 0.433 e. The summed E-state index contributed by atoms with van der Waals surface area (Å²) in [5.74, 6) is 0.710. The lowest BCUT2D eigenvalue weighted by molar-refractivity contribution is -0.151. The SMILES string of the molecule is CCOC(=O)COC1C[C@H]2CC[C@@H](C1)N2c1cnc(-c2nc3nc(-c4cc(OCC)nc(C(F)(F)F)c4)cc(N(C)CC4(COC)CCCC4)c3[nH]2)cn1. The molecule has 290 valence electrons. The van der Waals surface area contributed by atoms with E-state index in [4.69, 9.17) is 38.9 Å². The number of alkyl halides is 3. The van der Waals surface area contributed by atoms with Crippen LogP contribution >= 0.6 is 0 Å². The van der Waals surface area contributed by atoms with Crippen LogP contribution in [0.25, 0.3) is 33.9 Å². The Morgan fingerprint density at radius 1 is 1.00 bits per heavy atom. The summed E-state index contributed by atoms with van der Waals surface area (Å²) in [6.45, 7) is 5.18. The average molecular weight is 753 g/mol. The summed E-state index contributed by atoms with van der Waals surface area (Å²) in [5.41, 5.74) is 1.57. The summed E-state index contributed by atoms with van der Waals surface area (Å²) in [6, 6.07) is 4.69. The van der Waals surface area contributed by atoms with Gasteiger partial charge in [0.2, 0.25) is 5.88 Å². The van der Waals surface area contributed by atoms with Gasteiger partial charge < -0.3 is 33.7 Å². The highest BCUT2D eigenvalue weighted by molar-refractivity contribution is 5.91. The molecular weight excluding hydrogens is 705 g/mol. The first kappa shape index (κ1) is 37.7. The van der Waals surface area contributed by atoms with E-state index in [1.807, 2.05) is 7.05 Å². The zero-order valence-electron chi connectivity index (χ0n) is 31.1. The summed E-state index contributed by atoms with van der Waals surface area (Å²) in [4.78, 5) is 42.5. The molecule has 13 nitrogen and oxygen atoms in total. The molecule has 2 aliphatic heterocycles. The molecule has 2 saturated heterocycles. The number of carbonyl (C=O) groups excluding carboxylic acids is 1. The van der Waals surface area contributed by atoms with E-state index in [0.717, 1.165) is 68.9 Å². The van der Waals surface area contributed by atoms with Crippen molar-refractivity contribution in [2.45, 2.75) is 89.6 Å². The Morgan fingerprint density at radius 2 is 1.76 bits per heavy atom. The summed E-state index contributed by atoms with van der Waals surface area (Å²) in [7, 11) is 3.69. The van der Waals surface area contributed by atoms with E-state index in [2.05, 4.69) is 19.8 Å². The summed E-state index contributed by atoms with van der Waals surface area (Å²) in [6.07, 6.45) is 6.54. The van der Waals surface area contributed by atoms with E-state index in [-0.39, 0.29) is 54.2 Å². The molecule has 16 heteroatoms. The fourth-order valence-electron chi connectivity index (χ4n) is 8.53. The van der Waals surface area contributed by atoms with Gasteiger partial charge in [-0.3, -0.25) is 0 Å². The molecule has 6 heterocycles. The molecule has 0 spiro atoms. The van der Waals surface area contributed by atoms with E-state index in [9.17, 15) is 18.0 Å². The largest absolute Gasteiger partial charge is 0.478 e. The van der Waals surface area contributed by atoms with Crippen LogP contribution in [-0.2, 0) is 25.2 Å². The Kier molecular flexibility index (Phi) is 10.9. The van der Waals surface area contributed by atoms with E-state index >= 15 is 0 Å². The highest BCUT2D eigenvalue weighted by Crippen LogP contribution is 2.42. The second kappa shape index (κ2) is 15.7. The number of nitrogens with zero attached hydrogens (tertiary/aromatic N) is 7. The van der Waals surface area contributed by atoms with E-state index in [1.165, 1.54) is 6.07 Å². The predicted octanol–water partition coefficient (Wildman–Crippen LogP) is 6.62. The van der Waals surface area contributed by atoms with Crippen LogP contribution in [0.5, 0.6) is 5.88 Å². The maximum absolute atomic E-state index is 14.0. The zero-order valence-corrected chi connectivity index (χ0v) is 31.1. The highest BCUT2D eigenvalue weighted by atomic mass is 19.4. The van der Waals surface area contributed by atoms with Gasteiger partial charge in [0.05, 0.1) is 49.7 Å². The van der Waals surface area contributed by atoms with Crippen molar-refractivity contribution in [2.24, 2.45) is 5.41 Å². The number of nitrogens with one attached hydrogen (secondary N) is 1. The van der Waals surface area contributed by atoms with Crippen molar-refractivity contribution < 1.29 is 36.9 Å². The number of methoxy groups -OCH3 is 1. The van der Waals surface area contributed by atoms with Gasteiger partial charge in [0.1, 0.15) is 29.3 Å². The van der Waals surface area contributed by atoms with Gasteiger partial charge in [-0.15, -0.1) is 0 Å². The molecular formula is C38H47F3N8O5. The predicted molar refractivity (Wildman–Crippen MR) is 195 cm³/mol. The van der Waals surface area contributed by atoms with Gasteiger partial charge in [0, 0.05) is 49.8 Å². The number of aromatic amines is 1. The highest BCUT2D eigenvalue weighted by Gasteiger charge is 2.42. The summed E-state index contributed by atoms with van der Waals surface area (Å²) >= 11 is 0. The number of esters is 1. The van der Waals surface area contributed by atoms with Gasteiger partial charge in [0.15, 0.2) is 11.5 Å². The molecule has 1 unspecified atom stereocenters. The number of carbonyl (C=O) groups is 1. The third-order valence-electron chi connectivity index (χ3n) is 10.8. The number of imidazole rings is 1. The minimum absolute atomic E-state index is 0.0216. The van der Waals surface area contributed by atoms with Crippen molar-refractivity contribution in [3.63, 3.8) is 0 Å². The Morgan fingerprint density at radius 3 is 2.41 bits per heavy atom. The first-order chi connectivity index (χ1) is 26.0. The lowest BCUT2D eigenvalue weighted by Gasteiger charge is -2.39. The Hall–Kier alpha value is -4.57. The lowest BCUT2D eigenvalue weighted by atomic mass is 9.86. The van der Waals surface area contributed by atoms with Gasteiger partial charge >= 0.3 is 12.1 Å². The number of aromatic nitrogens is 6. The first-order valence-corrected chi connectivity index (χ1v) is 18.7. The molecule has 0 radical (unpaired) electrons. The number of anilines is 2. The molecule has 4 aromatic heterocycles.